The summed E-state index contributed by atoms with van der Waals surface area (Å²) in [4.78, 5) is 20.6. The maximum absolute atomic E-state index is 4.31. The summed E-state index contributed by atoms with van der Waals surface area (Å²) in [6, 6.07) is 0. The number of rotatable bonds is 5. The summed E-state index contributed by atoms with van der Waals surface area (Å²) < 4.78 is 0. The van der Waals surface area contributed by atoms with Crippen molar-refractivity contribution in [2.24, 2.45) is 32.7 Å². The Morgan fingerprint density at radius 2 is 1.44 bits per heavy atom. The Balaban J connectivity index is 0.000000479. The monoisotopic (exact) mass is 500 g/mol. The number of aryl methyl sites for hydroxylation is 2. The third kappa shape index (κ3) is 15.8. The highest BCUT2D eigenvalue weighted by Crippen LogP contribution is 2.29. The molecule has 36 heavy (non-hydrogen) atoms. The second-order valence-corrected chi connectivity index (χ2v) is 10.2. The fourth-order valence-corrected chi connectivity index (χ4v) is 4.52. The largest absolute Gasteiger partial charge is 0.354 e. The van der Waals surface area contributed by atoms with Gasteiger partial charge in [-0.2, -0.15) is 0 Å². The van der Waals surface area contributed by atoms with Gasteiger partial charge in [0, 0.05) is 33.1 Å². The van der Waals surface area contributed by atoms with Crippen molar-refractivity contribution >= 4 is 29.8 Å². The average Bonchev–Trinajstić information content (AvgIpc) is 3.24. The zero-order chi connectivity index (χ0) is 27.3. The van der Waals surface area contributed by atoms with Crippen LogP contribution in [0, 0.1) is 31.6 Å². The van der Waals surface area contributed by atoms with Crippen molar-refractivity contribution in [2.45, 2.75) is 113 Å². The first-order valence-electron chi connectivity index (χ1n) is 14.2. The lowest BCUT2D eigenvalue weighted by atomic mass is 9.91. The zero-order valence-electron chi connectivity index (χ0n) is 25.2. The van der Waals surface area contributed by atoms with Gasteiger partial charge >= 0.3 is 0 Å². The Morgan fingerprint density at radius 1 is 0.889 bits per heavy atom. The van der Waals surface area contributed by atoms with Gasteiger partial charge in [-0.3, -0.25) is 15.0 Å². The average molecular weight is 501 g/mol. The molecule has 0 aliphatic heterocycles. The number of aromatic nitrogens is 2. The maximum Gasteiger partial charge on any atom is 0.223 e. The second-order valence-electron chi connectivity index (χ2n) is 10.2. The Kier molecular flexibility index (Phi) is 19.8. The van der Waals surface area contributed by atoms with E-state index in [1.165, 1.54) is 51.4 Å². The number of nitrogens with zero attached hydrogens (tertiary/aromatic N) is 5. The maximum atomic E-state index is 4.31. The van der Waals surface area contributed by atoms with Gasteiger partial charge in [-0.05, 0) is 58.3 Å². The van der Waals surface area contributed by atoms with Gasteiger partial charge in [0.05, 0.1) is 17.1 Å². The lowest BCUT2D eigenvalue weighted by molar-refractivity contribution is 0.385. The normalized spacial score (nSPS) is 20.2. The van der Waals surface area contributed by atoms with E-state index in [9.17, 15) is 0 Å². The predicted molar refractivity (Wildman–Crippen MR) is 162 cm³/mol. The first-order valence-corrected chi connectivity index (χ1v) is 14.2. The number of hydrogen-bond donors (Lipinski definition) is 1. The highest BCUT2D eigenvalue weighted by atomic mass is 15.1. The SMILES string of the molecule is CC1CCCCC1.CC=Nc1c(C)nc(NCC)nc1C.CCC(C=NC)=NC.C[C@@H]1CC[C@H](C)C1. The van der Waals surface area contributed by atoms with E-state index in [1.807, 2.05) is 27.7 Å². The minimum absolute atomic E-state index is 0.678. The molecule has 0 aromatic carbocycles. The molecule has 2 fully saturated rings. The third-order valence-corrected chi connectivity index (χ3v) is 6.60. The van der Waals surface area contributed by atoms with Gasteiger partial charge in [-0.1, -0.05) is 72.6 Å². The van der Waals surface area contributed by atoms with Crippen molar-refractivity contribution in [1.82, 2.24) is 9.97 Å². The lowest BCUT2D eigenvalue weighted by Crippen LogP contribution is -2.04. The van der Waals surface area contributed by atoms with E-state index in [1.54, 1.807) is 26.5 Å². The highest BCUT2D eigenvalue weighted by Gasteiger charge is 2.16. The molecule has 206 valence electrons. The highest BCUT2D eigenvalue weighted by molar-refractivity contribution is 6.30. The first kappa shape index (κ1) is 33.9. The second kappa shape index (κ2) is 21.0. The molecule has 1 aromatic rings. The molecule has 3 rings (SSSR count). The molecule has 0 bridgehead atoms. The molecule has 6 heteroatoms. The summed E-state index contributed by atoms with van der Waals surface area (Å²) in [7, 11) is 3.53. The molecule has 2 saturated carbocycles. The van der Waals surface area contributed by atoms with Crippen molar-refractivity contribution < 1.29 is 0 Å². The van der Waals surface area contributed by atoms with Crippen LogP contribution in [-0.2, 0) is 0 Å². The van der Waals surface area contributed by atoms with E-state index in [0.717, 1.165) is 53.5 Å². The van der Waals surface area contributed by atoms with Gasteiger partial charge in [0.25, 0.3) is 0 Å². The van der Waals surface area contributed by atoms with Gasteiger partial charge < -0.3 is 5.32 Å². The van der Waals surface area contributed by atoms with Crippen molar-refractivity contribution in [3.8, 4) is 0 Å². The molecule has 2 aliphatic carbocycles. The minimum atomic E-state index is 0.678. The molecule has 1 N–H and O–H groups in total. The Morgan fingerprint density at radius 3 is 1.72 bits per heavy atom. The van der Waals surface area contributed by atoms with Crippen molar-refractivity contribution in [1.29, 1.82) is 0 Å². The molecular formula is C30H56N6. The standard InChI is InChI=1S/C10H16N4.2C7H14.C6H12N2/c1-5-11-9-7(3)13-10(12-6-2)14-8(9)4;1-6-3-4-7(2)5-6;1-7-5-3-2-4-6-7;1-4-6(8-3)5-7-2/h5H,6H2,1-4H3,(H,12,13,14);6-7H,3-5H2,1-2H3;7H,2-6H2,1H3;5H,4H2,1-3H3/t;6-,7+;;. The molecule has 2 atom stereocenters. The topological polar surface area (TPSA) is 74.9 Å². The molecule has 0 spiro atoms. The van der Waals surface area contributed by atoms with Gasteiger partial charge in [0.1, 0.15) is 5.69 Å². The van der Waals surface area contributed by atoms with Crippen LogP contribution < -0.4 is 5.32 Å². The fourth-order valence-electron chi connectivity index (χ4n) is 4.52. The Bertz CT molecular complexity index is 740. The molecule has 2 aliphatic rings. The van der Waals surface area contributed by atoms with Crippen LogP contribution in [0.25, 0.3) is 0 Å². The van der Waals surface area contributed by atoms with Crippen LogP contribution in [0.5, 0.6) is 0 Å². The Hall–Kier alpha value is -2.11. The zero-order valence-corrected chi connectivity index (χ0v) is 25.2. The summed E-state index contributed by atoms with van der Waals surface area (Å²) in [6.45, 7) is 17.7. The van der Waals surface area contributed by atoms with Crippen LogP contribution in [0.1, 0.15) is 111 Å². The molecule has 1 heterocycles. The molecule has 0 radical (unpaired) electrons. The molecule has 0 amide bonds. The molecule has 1 aromatic heterocycles. The van der Waals surface area contributed by atoms with Crippen molar-refractivity contribution in [3.63, 3.8) is 0 Å². The van der Waals surface area contributed by atoms with E-state index in [2.05, 4.69) is 58.0 Å². The number of anilines is 1. The molecular weight excluding hydrogens is 444 g/mol. The van der Waals surface area contributed by atoms with Crippen LogP contribution in [0.4, 0.5) is 11.6 Å². The molecule has 0 unspecified atom stereocenters. The summed E-state index contributed by atoms with van der Waals surface area (Å²) in [5.41, 5.74) is 3.74. The first-order chi connectivity index (χ1) is 17.2. The van der Waals surface area contributed by atoms with E-state index in [0.29, 0.717) is 5.95 Å². The smallest absolute Gasteiger partial charge is 0.223 e. The summed E-state index contributed by atoms with van der Waals surface area (Å²) >= 11 is 0. The van der Waals surface area contributed by atoms with Crippen LogP contribution >= 0.6 is 0 Å². The van der Waals surface area contributed by atoms with Gasteiger partial charge in [0.15, 0.2) is 0 Å². The van der Waals surface area contributed by atoms with Gasteiger partial charge in [0.2, 0.25) is 5.95 Å². The van der Waals surface area contributed by atoms with E-state index in [-0.39, 0.29) is 0 Å². The Labute approximate surface area is 223 Å². The van der Waals surface area contributed by atoms with Gasteiger partial charge in [-0.15, -0.1) is 0 Å². The fraction of sp³-hybridized carbons (Fsp3) is 0.767. The number of aliphatic imine (C=N–C) groups is 3. The van der Waals surface area contributed by atoms with Crippen LogP contribution in [-0.4, -0.2) is 48.7 Å². The summed E-state index contributed by atoms with van der Waals surface area (Å²) in [5.74, 6) is 3.76. The van der Waals surface area contributed by atoms with Crippen LogP contribution in [0.15, 0.2) is 15.0 Å². The molecule has 6 nitrogen and oxygen atoms in total. The van der Waals surface area contributed by atoms with Crippen LogP contribution in [0.3, 0.4) is 0 Å². The number of nitrogens with one attached hydrogen (secondary N) is 1. The van der Waals surface area contributed by atoms with E-state index < -0.39 is 0 Å². The third-order valence-electron chi connectivity index (χ3n) is 6.60. The van der Waals surface area contributed by atoms with Crippen molar-refractivity contribution in [3.05, 3.63) is 11.4 Å². The van der Waals surface area contributed by atoms with Crippen molar-refractivity contribution in [2.75, 3.05) is 26.0 Å². The predicted octanol–water partition coefficient (Wildman–Crippen LogP) is 8.44. The van der Waals surface area contributed by atoms with Crippen LogP contribution in [0.2, 0.25) is 0 Å². The molecule has 0 saturated heterocycles. The summed E-state index contributed by atoms with van der Waals surface area (Å²) in [5, 5.41) is 3.08. The number of hydrogen-bond acceptors (Lipinski definition) is 6. The minimum Gasteiger partial charge on any atom is -0.354 e. The van der Waals surface area contributed by atoms with E-state index in [4.69, 9.17) is 0 Å². The van der Waals surface area contributed by atoms with Gasteiger partial charge in [-0.25, -0.2) is 9.97 Å². The van der Waals surface area contributed by atoms with E-state index >= 15 is 0 Å². The quantitative estimate of drug-likeness (QED) is 0.412. The summed E-state index contributed by atoms with van der Waals surface area (Å²) in [6.07, 6.45) is 16.4. The lowest BCUT2D eigenvalue weighted by Gasteiger charge is -2.15.